The van der Waals surface area contributed by atoms with Crippen LogP contribution >= 0.6 is 11.3 Å². The summed E-state index contributed by atoms with van der Waals surface area (Å²) in [6, 6.07) is 5.54. The first-order valence-electron chi connectivity index (χ1n) is 8.25. The van der Waals surface area contributed by atoms with Crippen LogP contribution in [0.1, 0.15) is 12.5 Å². The molecule has 0 spiro atoms. The van der Waals surface area contributed by atoms with Crippen LogP contribution in [0.15, 0.2) is 23.6 Å². The molecule has 5 nitrogen and oxygen atoms in total. The highest BCUT2D eigenvalue weighted by atomic mass is 32.1. The maximum Gasteiger partial charge on any atom is 0.309 e. The zero-order valence-electron chi connectivity index (χ0n) is 13.7. The molecule has 2 aliphatic rings. The SMILES string of the molecule is CCOC(=O)C1C2CN(c3nc(-c4cc(C)ccc4O)cs3)CC21. The monoisotopic (exact) mass is 344 g/mol. The number of carbonyl (C=O) groups excluding carboxylic acids is 1. The minimum absolute atomic E-state index is 0.0448. The Hall–Kier alpha value is -2.08. The third-order valence-corrected chi connectivity index (χ3v) is 5.84. The molecule has 1 aliphatic carbocycles. The van der Waals surface area contributed by atoms with Gasteiger partial charge in [0.2, 0.25) is 0 Å². The Kier molecular flexibility index (Phi) is 3.72. The number of carbonyl (C=O) groups is 1. The number of fused-ring (bicyclic) bond motifs is 1. The minimum Gasteiger partial charge on any atom is -0.507 e. The van der Waals surface area contributed by atoms with Crippen LogP contribution in [0.25, 0.3) is 11.3 Å². The van der Waals surface area contributed by atoms with Crippen LogP contribution in [-0.4, -0.2) is 35.8 Å². The van der Waals surface area contributed by atoms with E-state index in [9.17, 15) is 9.90 Å². The summed E-state index contributed by atoms with van der Waals surface area (Å²) in [7, 11) is 0. The number of rotatable bonds is 4. The standard InChI is InChI=1S/C18H20N2O3S/c1-3-23-17(22)16-12-7-20(8-13(12)16)18-19-14(9-24-18)11-6-10(2)4-5-15(11)21/h4-6,9,12-13,16,21H,3,7-8H2,1-2H3. The third-order valence-electron chi connectivity index (χ3n) is 4.94. The number of ether oxygens (including phenoxy) is 1. The third kappa shape index (κ3) is 2.55. The van der Waals surface area contributed by atoms with Gasteiger partial charge in [-0.2, -0.15) is 0 Å². The fourth-order valence-corrected chi connectivity index (χ4v) is 4.50. The zero-order chi connectivity index (χ0) is 16.8. The summed E-state index contributed by atoms with van der Waals surface area (Å²) < 4.78 is 5.13. The van der Waals surface area contributed by atoms with E-state index in [-0.39, 0.29) is 17.6 Å². The van der Waals surface area contributed by atoms with Crippen molar-refractivity contribution in [2.24, 2.45) is 17.8 Å². The highest BCUT2D eigenvalue weighted by molar-refractivity contribution is 7.14. The summed E-state index contributed by atoms with van der Waals surface area (Å²) in [5.74, 6) is 1.11. The van der Waals surface area contributed by atoms with Gasteiger partial charge in [-0.1, -0.05) is 11.6 Å². The molecule has 0 amide bonds. The largest absolute Gasteiger partial charge is 0.507 e. The quantitative estimate of drug-likeness (QED) is 0.864. The van der Waals surface area contributed by atoms with Crippen LogP contribution in [0.3, 0.4) is 0 Å². The molecule has 1 N–H and O–H groups in total. The first-order chi connectivity index (χ1) is 11.6. The van der Waals surface area contributed by atoms with Crippen LogP contribution < -0.4 is 4.90 Å². The molecule has 0 bridgehead atoms. The number of nitrogens with zero attached hydrogens (tertiary/aromatic N) is 2. The van der Waals surface area contributed by atoms with Crippen LogP contribution in [-0.2, 0) is 9.53 Å². The molecule has 2 atom stereocenters. The lowest BCUT2D eigenvalue weighted by atomic mass is 10.1. The van der Waals surface area contributed by atoms with Gasteiger partial charge in [0, 0.05) is 24.0 Å². The van der Waals surface area contributed by atoms with Gasteiger partial charge in [-0.3, -0.25) is 4.79 Å². The maximum absolute atomic E-state index is 11.8. The highest BCUT2D eigenvalue weighted by Crippen LogP contribution is 2.53. The van der Waals surface area contributed by atoms with Crippen LogP contribution in [0.5, 0.6) is 5.75 Å². The van der Waals surface area contributed by atoms with Gasteiger partial charge in [-0.05, 0) is 37.8 Å². The summed E-state index contributed by atoms with van der Waals surface area (Å²) in [6.45, 7) is 6.02. The van der Waals surface area contributed by atoms with Crippen molar-refractivity contribution in [1.82, 2.24) is 4.98 Å². The maximum atomic E-state index is 11.8. The first-order valence-corrected chi connectivity index (χ1v) is 9.13. The van der Waals surface area contributed by atoms with E-state index in [0.29, 0.717) is 18.4 Å². The average molecular weight is 344 g/mol. The fraction of sp³-hybridized carbons (Fsp3) is 0.444. The zero-order valence-corrected chi connectivity index (χ0v) is 14.5. The second-order valence-electron chi connectivity index (χ2n) is 6.55. The van der Waals surface area contributed by atoms with Crippen molar-refractivity contribution >= 4 is 22.4 Å². The highest BCUT2D eigenvalue weighted by Gasteiger charge is 2.60. The van der Waals surface area contributed by atoms with E-state index >= 15 is 0 Å². The van der Waals surface area contributed by atoms with Crippen molar-refractivity contribution < 1.29 is 14.6 Å². The Morgan fingerprint density at radius 3 is 2.88 bits per heavy atom. The van der Waals surface area contributed by atoms with E-state index in [1.807, 2.05) is 31.4 Å². The molecule has 2 heterocycles. The van der Waals surface area contributed by atoms with Crippen molar-refractivity contribution in [3.63, 3.8) is 0 Å². The van der Waals surface area contributed by atoms with E-state index in [1.165, 1.54) is 0 Å². The van der Waals surface area contributed by atoms with Crippen molar-refractivity contribution in [1.29, 1.82) is 0 Å². The molecular formula is C18H20N2O3S. The van der Waals surface area contributed by atoms with Gasteiger partial charge >= 0.3 is 5.97 Å². The normalized spacial score (nSPS) is 24.8. The molecule has 1 aromatic carbocycles. The molecule has 1 saturated heterocycles. The number of benzene rings is 1. The van der Waals surface area contributed by atoms with Crippen molar-refractivity contribution in [3.8, 4) is 17.0 Å². The van der Waals surface area contributed by atoms with Gasteiger partial charge in [-0.15, -0.1) is 11.3 Å². The molecular weight excluding hydrogens is 324 g/mol. The number of hydrogen-bond donors (Lipinski definition) is 1. The average Bonchev–Trinajstić information content (AvgIpc) is 2.95. The van der Waals surface area contributed by atoms with E-state index in [2.05, 4.69) is 4.90 Å². The molecule has 2 aromatic rings. The molecule has 1 saturated carbocycles. The lowest BCUT2D eigenvalue weighted by molar-refractivity contribution is -0.145. The second kappa shape index (κ2) is 5.77. The van der Waals surface area contributed by atoms with E-state index in [4.69, 9.17) is 9.72 Å². The topological polar surface area (TPSA) is 62.7 Å². The Bertz CT molecular complexity index is 776. The van der Waals surface area contributed by atoms with Gasteiger partial charge in [0.1, 0.15) is 5.75 Å². The number of aromatic nitrogens is 1. The summed E-state index contributed by atoms with van der Waals surface area (Å²) >= 11 is 1.59. The number of anilines is 1. The van der Waals surface area contributed by atoms with Gasteiger partial charge in [-0.25, -0.2) is 4.98 Å². The summed E-state index contributed by atoms with van der Waals surface area (Å²) in [5, 5.41) is 13.0. The lowest BCUT2D eigenvalue weighted by Crippen LogP contribution is -2.26. The van der Waals surface area contributed by atoms with Crippen molar-refractivity contribution in [2.75, 3.05) is 24.6 Å². The first kappa shape index (κ1) is 15.4. The van der Waals surface area contributed by atoms with E-state index in [1.54, 1.807) is 17.4 Å². The van der Waals surface area contributed by atoms with Crippen LogP contribution in [0, 0.1) is 24.7 Å². The summed E-state index contributed by atoms with van der Waals surface area (Å²) in [6.07, 6.45) is 0. The minimum atomic E-state index is -0.0448. The number of hydrogen-bond acceptors (Lipinski definition) is 6. The molecule has 24 heavy (non-hydrogen) atoms. The Labute approximate surface area is 144 Å². The molecule has 4 rings (SSSR count). The Morgan fingerprint density at radius 2 is 2.17 bits per heavy atom. The molecule has 126 valence electrons. The molecule has 2 unspecified atom stereocenters. The van der Waals surface area contributed by atoms with E-state index < -0.39 is 0 Å². The van der Waals surface area contributed by atoms with E-state index in [0.717, 1.165) is 35.0 Å². The lowest BCUT2D eigenvalue weighted by Gasteiger charge is -2.18. The number of phenolic OH excluding ortho intramolecular Hbond substituents is 1. The number of thiazole rings is 1. The molecule has 6 heteroatoms. The number of piperidine rings is 1. The van der Waals surface area contributed by atoms with Crippen molar-refractivity contribution in [3.05, 3.63) is 29.1 Å². The second-order valence-corrected chi connectivity index (χ2v) is 7.38. The number of esters is 1. The summed E-state index contributed by atoms with van der Waals surface area (Å²) in [4.78, 5) is 18.8. The Morgan fingerprint density at radius 1 is 1.42 bits per heavy atom. The van der Waals surface area contributed by atoms with Gasteiger partial charge in [0.25, 0.3) is 0 Å². The number of phenols is 1. The molecule has 2 fully saturated rings. The predicted molar refractivity (Wildman–Crippen MR) is 93.3 cm³/mol. The Balaban J connectivity index is 1.46. The van der Waals surface area contributed by atoms with Gasteiger partial charge < -0.3 is 14.7 Å². The van der Waals surface area contributed by atoms with Gasteiger partial charge in [0.05, 0.1) is 18.2 Å². The number of aromatic hydroxyl groups is 1. The smallest absolute Gasteiger partial charge is 0.309 e. The predicted octanol–water partition coefficient (Wildman–Crippen LogP) is 3.07. The molecule has 1 aliphatic heterocycles. The van der Waals surface area contributed by atoms with Crippen LogP contribution in [0.2, 0.25) is 0 Å². The van der Waals surface area contributed by atoms with Crippen LogP contribution in [0.4, 0.5) is 5.13 Å². The fourth-order valence-electron chi connectivity index (χ4n) is 3.66. The molecule has 1 aromatic heterocycles. The van der Waals surface area contributed by atoms with Crippen molar-refractivity contribution in [2.45, 2.75) is 13.8 Å². The molecule has 0 radical (unpaired) electrons. The van der Waals surface area contributed by atoms with Gasteiger partial charge in [0.15, 0.2) is 5.13 Å². The summed E-state index contributed by atoms with van der Waals surface area (Å²) in [5.41, 5.74) is 2.67. The number of aryl methyl sites for hydroxylation is 1.